The number of aromatic nitrogens is 3. The van der Waals surface area contributed by atoms with Crippen LogP contribution >= 0.6 is 11.3 Å². The van der Waals surface area contributed by atoms with Gasteiger partial charge in [-0.2, -0.15) is 0 Å². The highest BCUT2D eigenvalue weighted by atomic mass is 32.1. The third kappa shape index (κ3) is 1.42. The van der Waals surface area contributed by atoms with Crippen LogP contribution in [0.3, 0.4) is 0 Å². The standard InChI is InChI=1S/C20H11N3S/c1-2-4-16-14(3-1)18-17(24-16)6-5-12-15-11-21-8-7-13(15)20-22-9-10-23(20)19(12)18/h1-11H. The lowest BCUT2D eigenvalue weighted by molar-refractivity contribution is 1.27. The lowest BCUT2D eigenvalue weighted by Gasteiger charge is -2.09. The predicted octanol–water partition coefficient (Wildman–Crippen LogP) is 5.40. The number of thiophene rings is 1. The van der Waals surface area contributed by atoms with E-state index < -0.39 is 0 Å². The number of hydrogen-bond acceptors (Lipinski definition) is 3. The van der Waals surface area contributed by atoms with Gasteiger partial charge < -0.3 is 0 Å². The van der Waals surface area contributed by atoms with E-state index in [1.165, 1.54) is 31.1 Å². The molecule has 0 saturated heterocycles. The highest BCUT2D eigenvalue weighted by molar-refractivity contribution is 7.26. The van der Waals surface area contributed by atoms with Gasteiger partial charge in [-0.05, 0) is 18.2 Å². The SMILES string of the molecule is c1ccc2c(c1)sc1ccc3c4cnccc4c4nccn4c3c12. The summed E-state index contributed by atoms with van der Waals surface area (Å²) in [6, 6.07) is 15.1. The maximum absolute atomic E-state index is 4.61. The van der Waals surface area contributed by atoms with Gasteiger partial charge in [-0.1, -0.05) is 24.3 Å². The second-order valence-electron chi connectivity index (χ2n) is 5.98. The number of hydrogen-bond donors (Lipinski definition) is 0. The summed E-state index contributed by atoms with van der Waals surface area (Å²) < 4.78 is 4.85. The first-order valence-corrected chi connectivity index (χ1v) is 8.66. The van der Waals surface area contributed by atoms with Gasteiger partial charge >= 0.3 is 0 Å². The van der Waals surface area contributed by atoms with Gasteiger partial charge in [0.05, 0.1) is 5.52 Å². The average molecular weight is 325 g/mol. The van der Waals surface area contributed by atoms with Crippen LogP contribution in [0.4, 0.5) is 0 Å². The summed E-state index contributed by atoms with van der Waals surface area (Å²) in [5, 5.41) is 6.13. The predicted molar refractivity (Wildman–Crippen MR) is 101 cm³/mol. The summed E-state index contributed by atoms with van der Waals surface area (Å²) in [4.78, 5) is 8.96. The quantitative estimate of drug-likeness (QED) is 0.350. The molecule has 0 aliphatic rings. The zero-order valence-electron chi connectivity index (χ0n) is 12.6. The molecule has 3 nitrogen and oxygen atoms in total. The molecule has 6 rings (SSSR count). The minimum Gasteiger partial charge on any atom is -0.298 e. The molecule has 112 valence electrons. The van der Waals surface area contributed by atoms with E-state index in [9.17, 15) is 0 Å². The molecule has 0 radical (unpaired) electrons. The zero-order chi connectivity index (χ0) is 15.7. The van der Waals surface area contributed by atoms with Crippen LogP contribution in [0.15, 0.2) is 67.3 Å². The van der Waals surface area contributed by atoms with E-state index in [0.717, 1.165) is 16.4 Å². The molecule has 4 heteroatoms. The van der Waals surface area contributed by atoms with Crippen molar-refractivity contribution in [3.8, 4) is 0 Å². The maximum atomic E-state index is 4.61. The fraction of sp³-hybridized carbons (Fsp3) is 0. The van der Waals surface area contributed by atoms with Gasteiger partial charge in [-0.3, -0.25) is 9.38 Å². The fourth-order valence-corrected chi connectivity index (χ4v) is 4.86. The van der Waals surface area contributed by atoms with Crippen LogP contribution in [0.2, 0.25) is 0 Å². The van der Waals surface area contributed by atoms with E-state index in [1.54, 1.807) is 0 Å². The minimum absolute atomic E-state index is 0.989. The number of nitrogens with zero attached hydrogens (tertiary/aromatic N) is 3. The van der Waals surface area contributed by atoms with Gasteiger partial charge in [-0.25, -0.2) is 4.98 Å². The third-order valence-corrected chi connectivity index (χ3v) is 5.89. The van der Waals surface area contributed by atoms with Crippen molar-refractivity contribution in [2.24, 2.45) is 0 Å². The molecule has 0 N–H and O–H groups in total. The smallest absolute Gasteiger partial charge is 0.145 e. The van der Waals surface area contributed by atoms with Crippen molar-refractivity contribution in [3.05, 3.63) is 67.3 Å². The largest absolute Gasteiger partial charge is 0.298 e. The van der Waals surface area contributed by atoms with Crippen LogP contribution in [-0.4, -0.2) is 14.4 Å². The number of pyridine rings is 2. The van der Waals surface area contributed by atoms with Crippen LogP contribution in [0.1, 0.15) is 0 Å². The van der Waals surface area contributed by atoms with Crippen molar-refractivity contribution in [2.45, 2.75) is 0 Å². The van der Waals surface area contributed by atoms with E-state index in [-0.39, 0.29) is 0 Å². The minimum atomic E-state index is 0.989. The van der Waals surface area contributed by atoms with Gasteiger partial charge in [-0.15, -0.1) is 11.3 Å². The van der Waals surface area contributed by atoms with Crippen LogP contribution in [-0.2, 0) is 0 Å². The lowest BCUT2D eigenvalue weighted by atomic mass is 10.0. The Kier molecular flexibility index (Phi) is 2.23. The molecule has 0 spiro atoms. The Labute approximate surface area is 140 Å². The second-order valence-corrected chi connectivity index (χ2v) is 7.06. The van der Waals surface area contributed by atoms with Crippen molar-refractivity contribution in [1.82, 2.24) is 14.4 Å². The van der Waals surface area contributed by atoms with Crippen LogP contribution in [0, 0.1) is 0 Å². The van der Waals surface area contributed by atoms with Gasteiger partial charge in [0.1, 0.15) is 5.65 Å². The molecule has 0 bridgehead atoms. The van der Waals surface area contributed by atoms with E-state index in [0.29, 0.717) is 0 Å². The van der Waals surface area contributed by atoms with Crippen LogP contribution in [0.25, 0.3) is 47.5 Å². The fourth-order valence-electron chi connectivity index (χ4n) is 3.75. The van der Waals surface area contributed by atoms with Gasteiger partial charge in [0, 0.05) is 61.1 Å². The number of imidazole rings is 1. The number of benzene rings is 2. The van der Waals surface area contributed by atoms with Crippen molar-refractivity contribution in [3.63, 3.8) is 0 Å². The Morgan fingerprint density at radius 3 is 2.75 bits per heavy atom. The molecule has 4 heterocycles. The first-order chi connectivity index (χ1) is 11.9. The molecule has 2 aromatic carbocycles. The Hall–Kier alpha value is -2.98. The van der Waals surface area contributed by atoms with Crippen molar-refractivity contribution in [1.29, 1.82) is 0 Å². The Morgan fingerprint density at radius 1 is 0.792 bits per heavy atom. The lowest BCUT2D eigenvalue weighted by Crippen LogP contribution is -1.91. The Bertz CT molecular complexity index is 1410. The molecule has 0 aliphatic heterocycles. The van der Waals surface area contributed by atoms with Crippen molar-refractivity contribution >= 4 is 58.8 Å². The van der Waals surface area contributed by atoms with Gasteiger partial charge in [0.15, 0.2) is 0 Å². The monoisotopic (exact) mass is 325 g/mol. The first kappa shape index (κ1) is 12.4. The molecule has 0 fully saturated rings. The average Bonchev–Trinajstić information content (AvgIpc) is 3.26. The Balaban J connectivity index is 2.06. The summed E-state index contributed by atoms with van der Waals surface area (Å²) in [5.74, 6) is 0. The summed E-state index contributed by atoms with van der Waals surface area (Å²) >= 11 is 1.84. The third-order valence-electron chi connectivity index (χ3n) is 4.75. The summed E-state index contributed by atoms with van der Waals surface area (Å²) in [5.41, 5.74) is 2.21. The first-order valence-electron chi connectivity index (χ1n) is 7.84. The molecule has 0 aliphatic carbocycles. The molecule has 24 heavy (non-hydrogen) atoms. The molecule has 0 amide bonds. The number of rotatable bonds is 0. The second kappa shape index (κ2) is 4.30. The van der Waals surface area contributed by atoms with Crippen LogP contribution in [0.5, 0.6) is 0 Å². The zero-order valence-corrected chi connectivity index (χ0v) is 13.4. The van der Waals surface area contributed by atoms with E-state index in [1.807, 2.05) is 36.0 Å². The molecular weight excluding hydrogens is 314 g/mol. The van der Waals surface area contributed by atoms with Gasteiger partial charge in [0.2, 0.25) is 0 Å². The Morgan fingerprint density at radius 2 is 1.75 bits per heavy atom. The summed E-state index contributed by atoms with van der Waals surface area (Å²) in [7, 11) is 0. The molecule has 6 aromatic rings. The molecule has 0 unspecified atom stereocenters. The van der Waals surface area contributed by atoms with Gasteiger partial charge in [0.25, 0.3) is 0 Å². The highest BCUT2D eigenvalue weighted by Gasteiger charge is 2.15. The normalized spacial score (nSPS) is 12.2. The molecular formula is C20H11N3S. The molecule has 0 saturated carbocycles. The molecule has 0 atom stereocenters. The number of fused-ring (bicyclic) bond motifs is 10. The molecule has 4 aromatic heterocycles. The van der Waals surface area contributed by atoms with E-state index in [4.69, 9.17) is 0 Å². The van der Waals surface area contributed by atoms with Crippen LogP contribution < -0.4 is 0 Å². The maximum Gasteiger partial charge on any atom is 0.145 e. The highest BCUT2D eigenvalue weighted by Crippen LogP contribution is 2.40. The van der Waals surface area contributed by atoms with Crippen molar-refractivity contribution < 1.29 is 0 Å². The summed E-state index contributed by atoms with van der Waals surface area (Å²) in [6.07, 6.45) is 7.72. The van der Waals surface area contributed by atoms with E-state index in [2.05, 4.69) is 57.0 Å². The topological polar surface area (TPSA) is 30.2 Å². The van der Waals surface area contributed by atoms with E-state index >= 15 is 0 Å². The summed E-state index contributed by atoms with van der Waals surface area (Å²) in [6.45, 7) is 0. The van der Waals surface area contributed by atoms with Crippen molar-refractivity contribution in [2.75, 3.05) is 0 Å².